The highest BCUT2D eigenvalue weighted by molar-refractivity contribution is 6.34. The second kappa shape index (κ2) is 8.15. The van der Waals surface area contributed by atoms with E-state index in [0.717, 1.165) is 16.9 Å². The van der Waals surface area contributed by atoms with Crippen LogP contribution in [0.25, 0.3) is 27.6 Å². The molecule has 7 nitrogen and oxygen atoms in total. The van der Waals surface area contributed by atoms with E-state index in [2.05, 4.69) is 15.1 Å². The number of alkyl halides is 3. The number of aromatic amines is 1. The number of rotatable bonds is 5. The van der Waals surface area contributed by atoms with E-state index in [9.17, 15) is 27.5 Å². The summed E-state index contributed by atoms with van der Waals surface area (Å²) in [6, 6.07) is 3.35. The zero-order valence-corrected chi connectivity index (χ0v) is 19.1. The Morgan fingerprint density at radius 3 is 2.59 bits per heavy atom. The fraction of sp³-hybridized carbons (Fsp3) is 0.318. The molecule has 12 heteroatoms. The Balaban J connectivity index is 1.95. The van der Waals surface area contributed by atoms with E-state index in [-0.39, 0.29) is 29.3 Å². The lowest BCUT2D eigenvalue weighted by atomic mass is 9.91. The Bertz CT molecular complexity index is 1410. The molecule has 0 aliphatic heterocycles. The van der Waals surface area contributed by atoms with Gasteiger partial charge in [0.05, 0.1) is 27.8 Å². The lowest BCUT2D eigenvalue weighted by Crippen LogP contribution is -2.48. The molecule has 0 saturated heterocycles. The van der Waals surface area contributed by atoms with Crippen molar-refractivity contribution in [2.75, 3.05) is 6.54 Å². The Morgan fingerprint density at radius 2 is 2.00 bits per heavy atom. The molecule has 0 aliphatic carbocycles. The summed E-state index contributed by atoms with van der Waals surface area (Å²) in [5, 5.41) is 13.8. The minimum atomic E-state index is -4.65. The van der Waals surface area contributed by atoms with Gasteiger partial charge in [-0.05, 0) is 51.0 Å². The van der Waals surface area contributed by atoms with Gasteiger partial charge >= 0.3 is 12.3 Å². The van der Waals surface area contributed by atoms with E-state index in [1.54, 1.807) is 20.8 Å². The predicted molar refractivity (Wildman–Crippen MR) is 119 cm³/mol. The van der Waals surface area contributed by atoms with Gasteiger partial charge in [-0.2, -0.15) is 18.3 Å². The minimum absolute atomic E-state index is 0.0272. The Hall–Kier alpha value is -3.34. The van der Waals surface area contributed by atoms with Crippen molar-refractivity contribution in [3.63, 3.8) is 0 Å². The average Bonchev–Trinajstić information content (AvgIpc) is 3.33. The average molecular weight is 498 g/mol. The van der Waals surface area contributed by atoms with Crippen LogP contribution in [0.2, 0.25) is 5.02 Å². The van der Waals surface area contributed by atoms with E-state index in [0.29, 0.717) is 21.9 Å². The number of H-pyrrole nitrogens is 1. The van der Waals surface area contributed by atoms with Gasteiger partial charge < -0.3 is 15.0 Å². The lowest BCUT2D eigenvalue weighted by molar-refractivity contribution is -0.141. The number of amides is 1. The fourth-order valence-electron chi connectivity index (χ4n) is 4.30. The molecule has 0 unspecified atom stereocenters. The molecule has 3 heterocycles. The molecule has 34 heavy (non-hydrogen) atoms. The summed E-state index contributed by atoms with van der Waals surface area (Å²) >= 11 is 6.32. The monoisotopic (exact) mass is 497 g/mol. The number of hydrogen-bond donors (Lipinski definition) is 2. The van der Waals surface area contributed by atoms with Crippen LogP contribution in [-0.4, -0.2) is 47.9 Å². The second-order valence-electron chi connectivity index (χ2n) is 8.45. The zero-order valence-electron chi connectivity index (χ0n) is 18.3. The molecule has 1 aromatic carbocycles. The maximum absolute atomic E-state index is 14.7. The molecule has 0 fully saturated rings. The quantitative estimate of drug-likeness (QED) is 0.329. The molecule has 0 atom stereocenters. The van der Waals surface area contributed by atoms with E-state index in [1.165, 1.54) is 23.2 Å². The van der Waals surface area contributed by atoms with Gasteiger partial charge in [0.1, 0.15) is 11.5 Å². The number of aromatic nitrogens is 4. The number of pyridine rings is 1. The summed E-state index contributed by atoms with van der Waals surface area (Å²) in [6.07, 6.45) is -3.20. The van der Waals surface area contributed by atoms with E-state index >= 15 is 0 Å². The number of carbonyl (C=O) groups is 1. The summed E-state index contributed by atoms with van der Waals surface area (Å²) in [5.41, 5.74) is -0.633. The lowest BCUT2D eigenvalue weighted by Gasteiger charge is -2.36. The van der Waals surface area contributed by atoms with Crippen LogP contribution in [0, 0.1) is 5.82 Å². The highest BCUT2D eigenvalue weighted by atomic mass is 35.5. The number of benzene rings is 1. The largest absolute Gasteiger partial charge is 0.465 e. The van der Waals surface area contributed by atoms with E-state index in [1.807, 2.05) is 0 Å². The van der Waals surface area contributed by atoms with Crippen molar-refractivity contribution in [3.05, 3.63) is 52.7 Å². The molecule has 1 amide bonds. The second-order valence-corrected chi connectivity index (χ2v) is 8.86. The smallest absolute Gasteiger partial charge is 0.435 e. The molecule has 4 aromatic rings. The highest BCUT2D eigenvalue weighted by Gasteiger charge is 2.34. The Kier molecular flexibility index (Phi) is 5.71. The number of fused-ring (bicyclic) bond motifs is 3. The van der Waals surface area contributed by atoms with Gasteiger partial charge in [-0.3, -0.25) is 0 Å². The van der Waals surface area contributed by atoms with Crippen molar-refractivity contribution in [1.82, 2.24) is 24.6 Å². The van der Waals surface area contributed by atoms with E-state index in [4.69, 9.17) is 11.6 Å². The van der Waals surface area contributed by atoms with Gasteiger partial charge in [-0.25, -0.2) is 18.9 Å². The molecule has 0 radical (unpaired) electrons. The molecular weight excluding hydrogens is 478 g/mol. The van der Waals surface area contributed by atoms with Crippen LogP contribution < -0.4 is 0 Å². The molecule has 0 aliphatic rings. The van der Waals surface area contributed by atoms with Crippen molar-refractivity contribution >= 4 is 39.6 Å². The maximum Gasteiger partial charge on any atom is 0.435 e. The molecule has 3 aromatic heterocycles. The summed E-state index contributed by atoms with van der Waals surface area (Å²) in [4.78, 5) is 20.2. The first kappa shape index (κ1) is 23.8. The van der Waals surface area contributed by atoms with Gasteiger partial charge in [0.25, 0.3) is 0 Å². The van der Waals surface area contributed by atoms with Gasteiger partial charge in [0.15, 0.2) is 5.69 Å². The first-order chi connectivity index (χ1) is 15.8. The van der Waals surface area contributed by atoms with Gasteiger partial charge in [-0.15, -0.1) is 0 Å². The van der Waals surface area contributed by atoms with Crippen molar-refractivity contribution in [2.45, 2.75) is 38.9 Å². The van der Waals surface area contributed by atoms with Crippen LogP contribution in [-0.2, 0) is 12.6 Å². The van der Waals surface area contributed by atoms with Crippen molar-refractivity contribution in [1.29, 1.82) is 0 Å². The zero-order chi connectivity index (χ0) is 25.0. The SMILES string of the molecule is CCN(C(=O)O)C(C)(C)Cc1cc(F)cc2c1[nH]c1ncc(Cl)c(-n3ccc(C(F)(F)F)n3)c12. The number of likely N-dealkylation sites (N-methyl/N-ethyl adjacent to an activating group) is 1. The predicted octanol–water partition coefficient (Wildman–Crippen LogP) is 6.03. The van der Waals surface area contributed by atoms with E-state index < -0.39 is 29.3 Å². The molecular formula is C22H20ClF4N5O2. The minimum Gasteiger partial charge on any atom is -0.465 e. The van der Waals surface area contributed by atoms with Gasteiger partial charge in [-0.1, -0.05) is 11.6 Å². The summed E-state index contributed by atoms with van der Waals surface area (Å²) in [7, 11) is 0. The summed E-state index contributed by atoms with van der Waals surface area (Å²) < 4.78 is 55.1. The summed E-state index contributed by atoms with van der Waals surface area (Å²) in [5.74, 6) is -0.597. The third kappa shape index (κ3) is 4.04. The molecule has 4 rings (SSSR count). The highest BCUT2D eigenvalue weighted by Crippen LogP contribution is 2.37. The molecule has 0 bridgehead atoms. The standard InChI is InChI=1S/C22H20ClF4N5O2/c1-4-31(20(33)34)21(2,3)9-11-7-12(24)8-13-16-18(14(23)10-28-19(16)29-17(11)13)32-6-5-15(30-32)22(25,26)27/h5-8,10H,4,9H2,1-3H3,(H,28,29)(H,33,34). The van der Waals surface area contributed by atoms with Crippen LogP contribution in [0.15, 0.2) is 30.6 Å². The Morgan fingerprint density at radius 1 is 1.29 bits per heavy atom. The van der Waals surface area contributed by atoms with Crippen LogP contribution in [0.3, 0.4) is 0 Å². The first-order valence-electron chi connectivity index (χ1n) is 10.3. The number of carboxylic acid groups (broad SMARTS) is 1. The topological polar surface area (TPSA) is 87.0 Å². The number of nitrogens with one attached hydrogen (secondary N) is 1. The normalized spacial score (nSPS) is 12.6. The number of hydrogen-bond acceptors (Lipinski definition) is 3. The third-order valence-corrected chi connectivity index (χ3v) is 5.99. The Labute approximate surface area is 195 Å². The summed E-state index contributed by atoms with van der Waals surface area (Å²) in [6.45, 7) is 5.40. The first-order valence-corrected chi connectivity index (χ1v) is 10.6. The third-order valence-electron chi connectivity index (χ3n) is 5.71. The number of halogens is 5. The number of nitrogens with zero attached hydrogens (tertiary/aromatic N) is 4. The van der Waals surface area contributed by atoms with Crippen LogP contribution in [0.1, 0.15) is 32.0 Å². The van der Waals surface area contributed by atoms with Crippen LogP contribution >= 0.6 is 11.6 Å². The van der Waals surface area contributed by atoms with Gasteiger partial charge in [0.2, 0.25) is 0 Å². The van der Waals surface area contributed by atoms with Crippen molar-refractivity contribution < 1.29 is 27.5 Å². The fourth-order valence-corrected chi connectivity index (χ4v) is 4.53. The molecule has 2 N–H and O–H groups in total. The van der Waals surface area contributed by atoms with Gasteiger partial charge in [0, 0.05) is 23.7 Å². The van der Waals surface area contributed by atoms with Crippen LogP contribution in [0.4, 0.5) is 22.4 Å². The maximum atomic E-state index is 14.7. The van der Waals surface area contributed by atoms with Crippen molar-refractivity contribution in [2.24, 2.45) is 0 Å². The molecule has 180 valence electrons. The van der Waals surface area contributed by atoms with Crippen LogP contribution in [0.5, 0.6) is 0 Å². The molecule has 0 spiro atoms. The molecule has 0 saturated carbocycles. The van der Waals surface area contributed by atoms with Crippen molar-refractivity contribution in [3.8, 4) is 5.69 Å².